The second-order valence-electron chi connectivity index (χ2n) is 11.2. The first-order valence-electron chi connectivity index (χ1n) is 12.9. The number of aliphatic hydroxyl groups is 1. The third-order valence-corrected chi connectivity index (χ3v) is 11.2. The van der Waals surface area contributed by atoms with Crippen molar-refractivity contribution >= 4 is 14.5 Å². The smallest absolute Gasteiger partial charge is 0.438 e. The highest BCUT2D eigenvalue weighted by Crippen LogP contribution is 2.37. The maximum atomic E-state index is 11.9. The molecule has 0 aromatic carbocycles. The van der Waals surface area contributed by atoms with Crippen molar-refractivity contribution in [2.24, 2.45) is 5.92 Å². The Hall–Kier alpha value is -1.81. The van der Waals surface area contributed by atoms with Gasteiger partial charge in [-0.3, -0.25) is 0 Å². The Bertz CT molecular complexity index is 823. The minimum atomic E-state index is -1.79. The van der Waals surface area contributed by atoms with Gasteiger partial charge < -0.3 is 28.5 Å². The molecule has 0 aliphatic rings. The molecule has 4 atom stereocenters. The predicted molar refractivity (Wildman–Crippen MR) is 150 cm³/mol. The van der Waals surface area contributed by atoms with Crippen molar-refractivity contribution < 1.29 is 33.3 Å². The maximum Gasteiger partial charge on any atom is 0.509 e. The van der Waals surface area contributed by atoms with E-state index < -0.39 is 32.3 Å². The summed E-state index contributed by atoms with van der Waals surface area (Å²) in [6.45, 7) is 21.6. The van der Waals surface area contributed by atoms with Crippen LogP contribution in [0.15, 0.2) is 12.2 Å². The Labute approximate surface area is 226 Å². The van der Waals surface area contributed by atoms with Crippen LogP contribution in [-0.2, 0) is 23.4 Å². The highest BCUT2D eigenvalue weighted by atomic mass is 28.4. The number of hydrogen-bond acceptors (Lipinski definition) is 7. The molecule has 0 fully saturated rings. The third kappa shape index (κ3) is 15.3. The van der Waals surface area contributed by atoms with Crippen LogP contribution in [0.3, 0.4) is 0 Å². The largest absolute Gasteiger partial charge is 0.509 e. The van der Waals surface area contributed by atoms with Crippen LogP contribution in [0.25, 0.3) is 0 Å². The van der Waals surface area contributed by atoms with Gasteiger partial charge in [0.15, 0.2) is 14.4 Å². The van der Waals surface area contributed by atoms with E-state index in [1.165, 1.54) is 14.2 Å². The number of methoxy groups -OCH3 is 2. The summed E-state index contributed by atoms with van der Waals surface area (Å²) in [5.41, 5.74) is 0.298. The number of allylic oxidation sites excluding steroid dienone is 1. The van der Waals surface area contributed by atoms with E-state index in [1.807, 2.05) is 13.8 Å². The number of hydrogen-bond donors (Lipinski definition) is 1. The van der Waals surface area contributed by atoms with Crippen LogP contribution in [0.4, 0.5) is 4.79 Å². The van der Waals surface area contributed by atoms with Gasteiger partial charge in [-0.1, -0.05) is 56.6 Å². The zero-order valence-electron chi connectivity index (χ0n) is 24.8. The molecule has 0 saturated carbocycles. The SMILES string of the molecule is C=C(C)[C@@H](CCC#CC(CC(C)(CC#CC(C)O)OCOC)OC(=O)OC)CCO[Si](C)(C)C(C)(C)C. The maximum absolute atomic E-state index is 11.9. The Morgan fingerprint density at radius 3 is 2.24 bits per heavy atom. The molecule has 0 radical (unpaired) electrons. The van der Waals surface area contributed by atoms with Gasteiger partial charge >= 0.3 is 6.16 Å². The summed E-state index contributed by atoms with van der Waals surface area (Å²) in [4.78, 5) is 11.9. The van der Waals surface area contributed by atoms with Crippen molar-refractivity contribution in [1.29, 1.82) is 0 Å². The summed E-state index contributed by atoms with van der Waals surface area (Å²) in [5, 5.41) is 9.63. The molecule has 7 nitrogen and oxygen atoms in total. The molecule has 37 heavy (non-hydrogen) atoms. The lowest BCUT2D eigenvalue weighted by Gasteiger charge is -2.36. The van der Waals surface area contributed by atoms with Crippen molar-refractivity contribution in [3.63, 3.8) is 0 Å². The van der Waals surface area contributed by atoms with Crippen molar-refractivity contribution in [3.05, 3.63) is 12.2 Å². The van der Waals surface area contributed by atoms with Crippen LogP contribution in [0.2, 0.25) is 18.1 Å². The van der Waals surface area contributed by atoms with Crippen LogP contribution < -0.4 is 0 Å². The van der Waals surface area contributed by atoms with E-state index in [1.54, 1.807) is 6.92 Å². The lowest BCUT2D eigenvalue weighted by atomic mass is 9.92. The molecule has 0 amide bonds. The Morgan fingerprint density at radius 1 is 1.08 bits per heavy atom. The highest BCUT2D eigenvalue weighted by Gasteiger charge is 2.37. The van der Waals surface area contributed by atoms with Gasteiger partial charge in [0.2, 0.25) is 0 Å². The Balaban J connectivity index is 5.34. The molecule has 3 unspecified atom stereocenters. The van der Waals surface area contributed by atoms with Gasteiger partial charge in [-0.15, -0.1) is 0 Å². The summed E-state index contributed by atoms with van der Waals surface area (Å²) in [5.74, 6) is 12.2. The standard InChI is InChI=1S/C29H50O7Si/c1-23(2)25(18-20-35-37(10,11)28(4,5)6)16-12-13-17-26(36-27(31)33-9)21-29(7,34-22-32-8)19-14-15-24(3)30/h24-26,30H,1,12,16,18-22H2,2-11H3/t24?,25-,26?,29?/m0/s1. The van der Waals surface area contributed by atoms with Crippen molar-refractivity contribution in [3.8, 4) is 23.7 Å². The number of carbonyl (C=O) groups is 1. The van der Waals surface area contributed by atoms with E-state index in [-0.39, 0.29) is 18.3 Å². The molecule has 0 aromatic heterocycles. The number of carbonyl (C=O) groups excluding carboxylic acids is 1. The fourth-order valence-electron chi connectivity index (χ4n) is 3.19. The van der Waals surface area contributed by atoms with Gasteiger partial charge in [-0.25, -0.2) is 4.79 Å². The van der Waals surface area contributed by atoms with Crippen molar-refractivity contribution in [1.82, 2.24) is 0 Å². The van der Waals surface area contributed by atoms with Gasteiger partial charge in [0, 0.05) is 33.0 Å². The molecule has 0 aliphatic heterocycles. The van der Waals surface area contributed by atoms with Crippen LogP contribution in [0, 0.1) is 29.6 Å². The van der Waals surface area contributed by atoms with E-state index in [4.69, 9.17) is 18.6 Å². The average molecular weight is 539 g/mol. The summed E-state index contributed by atoms with van der Waals surface area (Å²) in [6, 6.07) is 0. The molecule has 0 saturated heterocycles. The van der Waals surface area contributed by atoms with Gasteiger partial charge in [0.1, 0.15) is 12.9 Å². The first-order valence-corrected chi connectivity index (χ1v) is 15.8. The summed E-state index contributed by atoms with van der Waals surface area (Å²) >= 11 is 0. The molecular weight excluding hydrogens is 488 g/mol. The van der Waals surface area contributed by atoms with Crippen LogP contribution in [0.1, 0.15) is 73.6 Å². The van der Waals surface area contributed by atoms with Gasteiger partial charge in [0.25, 0.3) is 0 Å². The zero-order chi connectivity index (χ0) is 28.7. The number of ether oxygens (including phenoxy) is 4. The zero-order valence-corrected chi connectivity index (χ0v) is 25.8. The van der Waals surface area contributed by atoms with E-state index in [2.05, 4.69) is 68.9 Å². The summed E-state index contributed by atoms with van der Waals surface area (Å²) < 4.78 is 27.3. The van der Waals surface area contributed by atoms with Crippen LogP contribution in [0.5, 0.6) is 0 Å². The topological polar surface area (TPSA) is 83.5 Å². The van der Waals surface area contributed by atoms with Gasteiger partial charge in [-0.2, -0.15) is 0 Å². The first-order chi connectivity index (χ1) is 17.1. The Morgan fingerprint density at radius 2 is 1.73 bits per heavy atom. The highest BCUT2D eigenvalue weighted by molar-refractivity contribution is 6.74. The number of rotatable bonds is 14. The third-order valence-electron chi connectivity index (χ3n) is 6.63. The predicted octanol–water partition coefficient (Wildman–Crippen LogP) is 6.07. The molecule has 8 heteroatoms. The van der Waals surface area contributed by atoms with Crippen molar-refractivity contribution in [2.45, 2.75) is 110 Å². The molecule has 0 aliphatic carbocycles. The Kier molecular flexibility index (Phi) is 16.1. The molecule has 0 rings (SSSR count). The minimum Gasteiger partial charge on any atom is -0.438 e. The normalized spacial score (nSPS) is 15.6. The van der Waals surface area contributed by atoms with Crippen LogP contribution in [-0.4, -0.2) is 65.0 Å². The second-order valence-corrected chi connectivity index (χ2v) is 16.0. The van der Waals surface area contributed by atoms with E-state index in [0.717, 1.165) is 18.4 Å². The quantitative estimate of drug-likeness (QED) is 0.0945. The molecule has 0 spiro atoms. The van der Waals surface area contributed by atoms with E-state index in [0.29, 0.717) is 25.4 Å². The molecule has 0 aromatic rings. The first kappa shape index (κ1) is 35.2. The van der Waals surface area contributed by atoms with Gasteiger partial charge in [-0.05, 0) is 57.7 Å². The van der Waals surface area contributed by atoms with Crippen molar-refractivity contribution in [2.75, 3.05) is 27.6 Å². The molecule has 0 heterocycles. The van der Waals surface area contributed by atoms with Crippen LogP contribution >= 0.6 is 0 Å². The fraction of sp³-hybridized carbons (Fsp3) is 0.759. The average Bonchev–Trinajstić information content (AvgIpc) is 2.77. The second kappa shape index (κ2) is 16.9. The molecule has 212 valence electrons. The van der Waals surface area contributed by atoms with E-state index in [9.17, 15) is 9.90 Å². The molecular formula is C29H50O7Si. The monoisotopic (exact) mass is 538 g/mol. The summed E-state index contributed by atoms with van der Waals surface area (Å²) in [7, 11) is 0.992. The number of aliphatic hydroxyl groups excluding tert-OH is 1. The lowest BCUT2D eigenvalue weighted by molar-refractivity contribution is -0.132. The fourth-order valence-corrected chi connectivity index (χ4v) is 4.25. The van der Waals surface area contributed by atoms with E-state index >= 15 is 0 Å². The molecule has 0 bridgehead atoms. The summed E-state index contributed by atoms with van der Waals surface area (Å²) in [6.07, 6.45) is 0.603. The molecule has 1 N–H and O–H groups in total. The lowest BCUT2D eigenvalue weighted by Crippen LogP contribution is -2.41. The minimum absolute atomic E-state index is 0.0441. The van der Waals surface area contributed by atoms with Gasteiger partial charge in [0.05, 0.1) is 12.7 Å².